The van der Waals surface area contributed by atoms with Crippen molar-refractivity contribution >= 4 is 28.2 Å². The predicted octanol–water partition coefficient (Wildman–Crippen LogP) is 5.33. The number of aromatic nitrogens is 1. The Kier molecular flexibility index (Phi) is 4.46. The minimum absolute atomic E-state index is 0.663. The summed E-state index contributed by atoms with van der Waals surface area (Å²) in [5, 5.41) is 5.49. The molecule has 0 unspecified atom stereocenters. The van der Waals surface area contributed by atoms with E-state index in [4.69, 9.17) is 16.3 Å². The Labute approximate surface area is 147 Å². The maximum atomic E-state index is 6.33. The zero-order valence-electron chi connectivity index (χ0n) is 13.5. The van der Waals surface area contributed by atoms with Crippen molar-refractivity contribution in [3.8, 4) is 11.3 Å². The van der Waals surface area contributed by atoms with Crippen LogP contribution < -0.4 is 5.32 Å². The van der Waals surface area contributed by atoms with E-state index in [1.807, 2.05) is 18.2 Å². The number of rotatable bonds is 4. The van der Waals surface area contributed by atoms with E-state index in [1.165, 1.54) is 5.56 Å². The lowest BCUT2D eigenvalue weighted by atomic mass is 10.0. The van der Waals surface area contributed by atoms with Crippen LogP contribution in [0.4, 0.5) is 5.69 Å². The molecule has 3 aromatic rings. The fourth-order valence-corrected chi connectivity index (χ4v) is 3.55. The first-order valence-corrected chi connectivity index (χ1v) is 8.87. The smallest absolute Gasteiger partial charge is 0.0695 e. The molecule has 1 aliphatic rings. The van der Waals surface area contributed by atoms with Gasteiger partial charge in [0.25, 0.3) is 0 Å². The molecule has 4 rings (SSSR count). The van der Waals surface area contributed by atoms with E-state index < -0.39 is 0 Å². The predicted molar refractivity (Wildman–Crippen MR) is 101 cm³/mol. The highest BCUT2D eigenvalue weighted by molar-refractivity contribution is 6.32. The van der Waals surface area contributed by atoms with Gasteiger partial charge in [-0.3, -0.25) is 0 Å². The van der Waals surface area contributed by atoms with Gasteiger partial charge in [0.05, 0.1) is 11.2 Å². The SMILES string of the molecule is Clc1cc(NCC2CCOCC2)c2[nH]c(-c3ccccc3)cc2c1. The lowest BCUT2D eigenvalue weighted by molar-refractivity contribution is 0.0699. The first-order valence-electron chi connectivity index (χ1n) is 8.49. The monoisotopic (exact) mass is 340 g/mol. The molecule has 1 aromatic heterocycles. The average molecular weight is 341 g/mol. The Morgan fingerprint density at radius 1 is 1.08 bits per heavy atom. The van der Waals surface area contributed by atoms with Crippen LogP contribution in [0.3, 0.4) is 0 Å². The number of aromatic amines is 1. The number of fused-ring (bicyclic) bond motifs is 1. The van der Waals surface area contributed by atoms with Crippen LogP contribution in [0.1, 0.15) is 12.8 Å². The second-order valence-electron chi connectivity index (χ2n) is 6.40. The number of hydrogen-bond donors (Lipinski definition) is 2. The molecular formula is C20H21ClN2O. The van der Waals surface area contributed by atoms with Gasteiger partial charge in [-0.2, -0.15) is 0 Å². The van der Waals surface area contributed by atoms with E-state index in [-0.39, 0.29) is 0 Å². The van der Waals surface area contributed by atoms with Crippen LogP contribution >= 0.6 is 11.6 Å². The van der Waals surface area contributed by atoms with Gasteiger partial charge in [0.1, 0.15) is 0 Å². The van der Waals surface area contributed by atoms with Crippen LogP contribution in [0.5, 0.6) is 0 Å². The van der Waals surface area contributed by atoms with Crippen LogP contribution in [0, 0.1) is 5.92 Å². The molecule has 3 nitrogen and oxygen atoms in total. The number of hydrogen-bond acceptors (Lipinski definition) is 2. The molecule has 0 spiro atoms. The summed E-state index contributed by atoms with van der Waals surface area (Å²) < 4.78 is 5.44. The third kappa shape index (κ3) is 3.28. The highest BCUT2D eigenvalue weighted by atomic mass is 35.5. The second kappa shape index (κ2) is 6.88. The highest BCUT2D eigenvalue weighted by Crippen LogP contribution is 2.32. The largest absolute Gasteiger partial charge is 0.383 e. The molecular weight excluding hydrogens is 320 g/mol. The lowest BCUT2D eigenvalue weighted by Crippen LogP contribution is -2.22. The molecule has 2 N–H and O–H groups in total. The Hall–Kier alpha value is -1.97. The zero-order valence-corrected chi connectivity index (χ0v) is 14.3. The first kappa shape index (κ1) is 15.6. The van der Waals surface area contributed by atoms with Crippen LogP contribution in [0.15, 0.2) is 48.5 Å². The summed E-state index contributed by atoms with van der Waals surface area (Å²) in [6, 6.07) is 16.5. The Bertz CT molecular complexity index is 822. The van der Waals surface area contributed by atoms with Gasteiger partial charge in [-0.1, -0.05) is 41.9 Å². The molecule has 124 valence electrons. The molecule has 2 aromatic carbocycles. The van der Waals surface area contributed by atoms with Gasteiger partial charge in [0.15, 0.2) is 0 Å². The third-order valence-corrected chi connectivity index (χ3v) is 4.92. The van der Waals surface area contributed by atoms with Gasteiger partial charge in [0.2, 0.25) is 0 Å². The summed E-state index contributed by atoms with van der Waals surface area (Å²) in [5.41, 5.74) is 4.48. The van der Waals surface area contributed by atoms with Crippen molar-refractivity contribution < 1.29 is 4.74 Å². The Morgan fingerprint density at radius 2 is 1.88 bits per heavy atom. The van der Waals surface area contributed by atoms with Gasteiger partial charge in [0, 0.05) is 35.9 Å². The van der Waals surface area contributed by atoms with Crippen LogP contribution in [-0.4, -0.2) is 24.7 Å². The van der Waals surface area contributed by atoms with Crippen LogP contribution in [-0.2, 0) is 4.74 Å². The maximum absolute atomic E-state index is 6.33. The maximum Gasteiger partial charge on any atom is 0.0695 e. The molecule has 0 bridgehead atoms. The number of H-pyrrole nitrogens is 1. The van der Waals surface area contributed by atoms with Crippen molar-refractivity contribution in [3.63, 3.8) is 0 Å². The zero-order chi connectivity index (χ0) is 16.4. The van der Waals surface area contributed by atoms with Gasteiger partial charge in [-0.15, -0.1) is 0 Å². The lowest BCUT2D eigenvalue weighted by Gasteiger charge is -2.22. The number of ether oxygens (including phenoxy) is 1. The van der Waals surface area contributed by atoms with E-state index in [0.29, 0.717) is 5.92 Å². The van der Waals surface area contributed by atoms with Gasteiger partial charge in [-0.25, -0.2) is 0 Å². The van der Waals surface area contributed by atoms with Gasteiger partial charge in [-0.05, 0) is 42.5 Å². The van der Waals surface area contributed by atoms with Gasteiger partial charge < -0.3 is 15.0 Å². The quantitative estimate of drug-likeness (QED) is 0.673. The molecule has 24 heavy (non-hydrogen) atoms. The topological polar surface area (TPSA) is 37.0 Å². The number of halogens is 1. The third-order valence-electron chi connectivity index (χ3n) is 4.70. The molecule has 0 aliphatic carbocycles. The molecule has 0 saturated carbocycles. The first-order chi connectivity index (χ1) is 11.8. The fourth-order valence-electron chi connectivity index (χ4n) is 3.32. The van der Waals surface area contributed by atoms with E-state index in [0.717, 1.165) is 59.9 Å². The van der Waals surface area contributed by atoms with Crippen LogP contribution in [0.2, 0.25) is 5.02 Å². The molecule has 1 saturated heterocycles. The Balaban J connectivity index is 1.63. The summed E-state index contributed by atoms with van der Waals surface area (Å²) in [4.78, 5) is 3.55. The van der Waals surface area contributed by atoms with E-state index in [1.54, 1.807) is 0 Å². The Morgan fingerprint density at radius 3 is 2.67 bits per heavy atom. The van der Waals surface area contributed by atoms with Crippen molar-refractivity contribution in [2.45, 2.75) is 12.8 Å². The summed E-state index contributed by atoms with van der Waals surface area (Å²) >= 11 is 6.33. The number of benzene rings is 2. The summed E-state index contributed by atoms with van der Waals surface area (Å²) in [6.45, 7) is 2.70. The van der Waals surface area contributed by atoms with E-state index >= 15 is 0 Å². The molecule has 2 heterocycles. The van der Waals surface area contributed by atoms with Crippen molar-refractivity contribution in [2.75, 3.05) is 25.1 Å². The fraction of sp³-hybridized carbons (Fsp3) is 0.300. The van der Waals surface area contributed by atoms with Crippen LogP contribution in [0.25, 0.3) is 22.2 Å². The summed E-state index contributed by atoms with van der Waals surface area (Å²) in [7, 11) is 0. The summed E-state index contributed by atoms with van der Waals surface area (Å²) in [5.74, 6) is 0.663. The highest BCUT2D eigenvalue weighted by Gasteiger charge is 2.15. The molecule has 0 radical (unpaired) electrons. The van der Waals surface area contributed by atoms with Gasteiger partial charge >= 0.3 is 0 Å². The number of anilines is 1. The minimum Gasteiger partial charge on any atom is -0.383 e. The van der Waals surface area contributed by atoms with Crippen molar-refractivity contribution in [1.29, 1.82) is 0 Å². The average Bonchev–Trinajstić information content (AvgIpc) is 3.05. The second-order valence-corrected chi connectivity index (χ2v) is 6.84. The van der Waals surface area contributed by atoms with Crippen molar-refractivity contribution in [2.24, 2.45) is 5.92 Å². The molecule has 1 fully saturated rings. The molecule has 1 aliphatic heterocycles. The molecule has 0 atom stereocenters. The molecule has 0 amide bonds. The minimum atomic E-state index is 0.663. The standard InChI is InChI=1S/C20H21ClN2O/c21-17-10-16-11-18(15-4-2-1-3-5-15)23-20(16)19(12-17)22-13-14-6-8-24-9-7-14/h1-5,10-12,14,22-23H,6-9,13H2. The van der Waals surface area contributed by atoms with Crippen molar-refractivity contribution in [3.05, 3.63) is 53.6 Å². The normalized spacial score (nSPS) is 15.7. The van der Waals surface area contributed by atoms with Crippen molar-refractivity contribution in [1.82, 2.24) is 4.98 Å². The van der Waals surface area contributed by atoms with E-state index in [2.05, 4.69) is 40.6 Å². The molecule has 4 heteroatoms. The number of nitrogens with one attached hydrogen (secondary N) is 2. The van der Waals surface area contributed by atoms with E-state index in [9.17, 15) is 0 Å². The summed E-state index contributed by atoms with van der Waals surface area (Å²) in [6.07, 6.45) is 2.24.